The van der Waals surface area contributed by atoms with Crippen LogP contribution >= 0.6 is 23.2 Å². The van der Waals surface area contributed by atoms with Gasteiger partial charge in [-0.2, -0.15) is 0 Å². The Labute approximate surface area is 109 Å². The molecule has 0 bridgehead atoms. The fourth-order valence-electron chi connectivity index (χ4n) is 1.14. The molecule has 0 fully saturated rings. The predicted molar refractivity (Wildman–Crippen MR) is 66.3 cm³/mol. The Morgan fingerprint density at radius 2 is 2.06 bits per heavy atom. The maximum atomic E-state index is 11.4. The number of amides is 1. The van der Waals surface area contributed by atoms with Crippen LogP contribution in [0.2, 0.25) is 10.0 Å². The molecule has 0 unspecified atom stereocenters. The number of carbonyl (C=O) groups excluding carboxylic acids is 2. The van der Waals surface area contributed by atoms with Crippen LogP contribution in [0, 0.1) is 0 Å². The second-order valence-electron chi connectivity index (χ2n) is 3.13. The van der Waals surface area contributed by atoms with Gasteiger partial charge in [-0.05, 0) is 19.1 Å². The van der Waals surface area contributed by atoms with Crippen LogP contribution in [-0.2, 0) is 14.3 Å². The molecular weight excluding hydrogens is 265 g/mol. The van der Waals surface area contributed by atoms with Crippen LogP contribution in [0.5, 0.6) is 0 Å². The van der Waals surface area contributed by atoms with E-state index in [9.17, 15) is 9.59 Å². The fourth-order valence-corrected chi connectivity index (χ4v) is 1.49. The fraction of sp³-hybridized carbons (Fsp3) is 0.273. The molecule has 1 aromatic rings. The summed E-state index contributed by atoms with van der Waals surface area (Å²) < 4.78 is 4.65. The standard InChI is InChI=1S/C11H11Cl2NO3/c1-2-17-10(16)6-9(15)14-8-5-3-4-7(12)11(8)13/h3-5H,2,6H2,1H3,(H,14,15). The first kappa shape index (κ1) is 13.8. The van der Waals surface area contributed by atoms with Gasteiger partial charge in [0.15, 0.2) is 0 Å². The molecule has 1 amide bonds. The molecule has 0 atom stereocenters. The normalized spacial score (nSPS) is 9.82. The first-order valence-corrected chi connectivity index (χ1v) is 5.69. The van der Waals surface area contributed by atoms with Gasteiger partial charge in [0.05, 0.1) is 22.3 Å². The van der Waals surface area contributed by atoms with E-state index in [4.69, 9.17) is 23.2 Å². The van der Waals surface area contributed by atoms with Crippen molar-refractivity contribution in [1.82, 2.24) is 0 Å². The molecule has 92 valence electrons. The molecule has 0 spiro atoms. The third-order valence-corrected chi connectivity index (χ3v) is 2.65. The Kier molecular flexibility index (Phi) is 5.25. The van der Waals surface area contributed by atoms with Gasteiger partial charge >= 0.3 is 5.97 Å². The molecule has 0 aliphatic carbocycles. The number of nitrogens with one attached hydrogen (secondary N) is 1. The van der Waals surface area contributed by atoms with Gasteiger partial charge in [-0.25, -0.2) is 0 Å². The van der Waals surface area contributed by atoms with Gasteiger partial charge in [0, 0.05) is 0 Å². The summed E-state index contributed by atoms with van der Waals surface area (Å²) in [5, 5.41) is 3.06. The second-order valence-corrected chi connectivity index (χ2v) is 3.92. The zero-order valence-electron chi connectivity index (χ0n) is 9.13. The lowest BCUT2D eigenvalue weighted by Crippen LogP contribution is -2.18. The maximum Gasteiger partial charge on any atom is 0.315 e. The van der Waals surface area contributed by atoms with Crippen molar-refractivity contribution in [3.8, 4) is 0 Å². The Hall–Kier alpha value is -1.26. The highest BCUT2D eigenvalue weighted by atomic mass is 35.5. The minimum Gasteiger partial charge on any atom is -0.466 e. The largest absolute Gasteiger partial charge is 0.466 e. The summed E-state index contributed by atoms with van der Waals surface area (Å²) in [6.45, 7) is 1.91. The van der Waals surface area contributed by atoms with Gasteiger partial charge in [0.2, 0.25) is 5.91 Å². The van der Waals surface area contributed by atoms with Crippen molar-refractivity contribution in [3.63, 3.8) is 0 Å². The van der Waals surface area contributed by atoms with Crippen LogP contribution in [0.25, 0.3) is 0 Å². The van der Waals surface area contributed by atoms with Gasteiger partial charge in [0.1, 0.15) is 6.42 Å². The zero-order valence-corrected chi connectivity index (χ0v) is 10.6. The number of hydrogen-bond acceptors (Lipinski definition) is 3. The molecule has 1 N–H and O–H groups in total. The Morgan fingerprint density at radius 3 is 2.71 bits per heavy atom. The SMILES string of the molecule is CCOC(=O)CC(=O)Nc1cccc(Cl)c1Cl. The molecule has 0 aromatic heterocycles. The number of benzene rings is 1. The molecule has 17 heavy (non-hydrogen) atoms. The van der Waals surface area contributed by atoms with E-state index in [1.807, 2.05) is 0 Å². The van der Waals surface area contributed by atoms with Crippen molar-refractivity contribution < 1.29 is 14.3 Å². The molecule has 0 saturated carbocycles. The first-order valence-electron chi connectivity index (χ1n) is 4.94. The third kappa shape index (κ3) is 4.24. The van der Waals surface area contributed by atoms with Crippen molar-refractivity contribution >= 4 is 40.8 Å². The van der Waals surface area contributed by atoms with E-state index in [0.29, 0.717) is 10.7 Å². The summed E-state index contributed by atoms with van der Waals surface area (Å²) in [7, 11) is 0. The monoisotopic (exact) mass is 275 g/mol. The van der Waals surface area contributed by atoms with Crippen molar-refractivity contribution in [1.29, 1.82) is 0 Å². The first-order chi connectivity index (χ1) is 8.04. The number of rotatable bonds is 4. The van der Waals surface area contributed by atoms with Gasteiger partial charge in [-0.1, -0.05) is 29.3 Å². The third-order valence-electron chi connectivity index (χ3n) is 1.84. The van der Waals surface area contributed by atoms with E-state index in [1.165, 1.54) is 0 Å². The highest BCUT2D eigenvalue weighted by molar-refractivity contribution is 6.44. The Morgan fingerprint density at radius 1 is 1.35 bits per heavy atom. The van der Waals surface area contributed by atoms with Crippen molar-refractivity contribution in [2.45, 2.75) is 13.3 Å². The molecule has 0 heterocycles. The lowest BCUT2D eigenvalue weighted by atomic mass is 10.3. The van der Waals surface area contributed by atoms with Gasteiger partial charge in [-0.15, -0.1) is 0 Å². The summed E-state index contributed by atoms with van der Waals surface area (Å²) in [4.78, 5) is 22.5. The molecule has 6 heteroatoms. The minimum atomic E-state index is -0.580. The molecule has 0 aliphatic heterocycles. The van der Waals surface area contributed by atoms with Crippen LogP contribution in [0.1, 0.15) is 13.3 Å². The van der Waals surface area contributed by atoms with Crippen molar-refractivity contribution in [2.75, 3.05) is 11.9 Å². The molecule has 0 radical (unpaired) electrons. The lowest BCUT2D eigenvalue weighted by molar-refractivity contribution is -0.145. The Bertz CT molecular complexity index is 435. The van der Waals surface area contributed by atoms with Crippen LogP contribution in [0.3, 0.4) is 0 Å². The summed E-state index contributed by atoms with van der Waals surface area (Å²) in [6, 6.07) is 4.84. The quantitative estimate of drug-likeness (QED) is 0.679. The van der Waals surface area contributed by atoms with Crippen LogP contribution in [0.4, 0.5) is 5.69 Å². The highest BCUT2D eigenvalue weighted by Crippen LogP contribution is 2.29. The molecule has 4 nitrogen and oxygen atoms in total. The number of hydrogen-bond donors (Lipinski definition) is 1. The average Bonchev–Trinajstić information content (AvgIpc) is 2.25. The van der Waals surface area contributed by atoms with Crippen LogP contribution < -0.4 is 5.32 Å². The van der Waals surface area contributed by atoms with E-state index < -0.39 is 11.9 Å². The number of halogens is 2. The molecule has 0 saturated heterocycles. The van der Waals surface area contributed by atoms with E-state index in [-0.39, 0.29) is 18.1 Å². The number of anilines is 1. The Balaban J connectivity index is 2.62. The van der Waals surface area contributed by atoms with Gasteiger partial charge in [-0.3, -0.25) is 9.59 Å². The smallest absolute Gasteiger partial charge is 0.315 e. The van der Waals surface area contributed by atoms with E-state index >= 15 is 0 Å². The maximum absolute atomic E-state index is 11.4. The highest BCUT2D eigenvalue weighted by Gasteiger charge is 2.12. The van der Waals surface area contributed by atoms with Crippen molar-refractivity contribution in [3.05, 3.63) is 28.2 Å². The van der Waals surface area contributed by atoms with Crippen LogP contribution in [0.15, 0.2) is 18.2 Å². The lowest BCUT2D eigenvalue weighted by Gasteiger charge is -2.07. The topological polar surface area (TPSA) is 55.4 Å². The minimum absolute atomic E-state index is 0.240. The summed E-state index contributed by atoms with van der Waals surface area (Å²) in [6.07, 6.45) is -0.351. The predicted octanol–water partition coefficient (Wildman–Crippen LogP) is 2.89. The molecule has 1 aromatic carbocycles. The number of ether oxygens (including phenoxy) is 1. The van der Waals surface area contributed by atoms with Crippen LogP contribution in [-0.4, -0.2) is 18.5 Å². The molecule has 0 aliphatic rings. The summed E-state index contributed by atoms with van der Waals surface area (Å²) >= 11 is 11.7. The number of esters is 1. The van der Waals surface area contributed by atoms with E-state index in [0.717, 1.165) is 0 Å². The molecular formula is C11H11Cl2NO3. The number of carbonyl (C=O) groups is 2. The van der Waals surface area contributed by atoms with Crippen molar-refractivity contribution in [2.24, 2.45) is 0 Å². The van der Waals surface area contributed by atoms with Gasteiger partial charge < -0.3 is 10.1 Å². The zero-order chi connectivity index (χ0) is 12.8. The average molecular weight is 276 g/mol. The second kappa shape index (κ2) is 6.47. The summed E-state index contributed by atoms with van der Waals surface area (Å²) in [5.41, 5.74) is 0.369. The molecule has 1 rings (SSSR count). The van der Waals surface area contributed by atoms with E-state index in [1.54, 1.807) is 25.1 Å². The van der Waals surface area contributed by atoms with Gasteiger partial charge in [0.25, 0.3) is 0 Å². The van der Waals surface area contributed by atoms with E-state index in [2.05, 4.69) is 10.1 Å². The summed E-state index contributed by atoms with van der Waals surface area (Å²) in [5.74, 6) is -1.07.